The minimum absolute atomic E-state index is 0.0970. The first-order valence-corrected chi connectivity index (χ1v) is 6.61. The predicted octanol–water partition coefficient (Wildman–Crippen LogP) is 1.81. The van der Waals surface area contributed by atoms with Crippen LogP contribution in [0.4, 0.5) is 0 Å². The fourth-order valence-corrected chi connectivity index (χ4v) is 2.38. The smallest absolute Gasteiger partial charge is 0.339 e. The average Bonchev–Trinajstić information content (AvgIpc) is 2.94. The summed E-state index contributed by atoms with van der Waals surface area (Å²) in [5.74, 6) is -0.319. The lowest BCUT2D eigenvalue weighted by atomic mass is 10.2. The number of carboxylic acids is 1. The number of carboxylic acid groups (broad SMARTS) is 1. The van der Waals surface area contributed by atoms with Gasteiger partial charge >= 0.3 is 5.97 Å². The molecule has 1 aliphatic heterocycles. The number of amides is 1. The summed E-state index contributed by atoms with van der Waals surface area (Å²) >= 11 is 0. The molecular formula is C14H19NO5. The molecule has 1 aliphatic rings. The average molecular weight is 281 g/mol. The van der Waals surface area contributed by atoms with Crippen LogP contribution in [0.3, 0.4) is 0 Å². The molecule has 0 aliphatic carbocycles. The van der Waals surface area contributed by atoms with E-state index < -0.39 is 12.1 Å². The third kappa shape index (κ3) is 3.01. The van der Waals surface area contributed by atoms with Crippen molar-refractivity contribution in [3.63, 3.8) is 0 Å². The number of carbonyl (C=O) groups excluding carboxylic acids is 1. The normalized spacial score (nSPS) is 21.9. The van der Waals surface area contributed by atoms with Crippen molar-refractivity contribution in [2.24, 2.45) is 0 Å². The maximum Gasteiger partial charge on any atom is 0.339 e. The van der Waals surface area contributed by atoms with Gasteiger partial charge in [0.05, 0.1) is 12.6 Å². The van der Waals surface area contributed by atoms with E-state index >= 15 is 0 Å². The van der Waals surface area contributed by atoms with Crippen LogP contribution in [0.25, 0.3) is 0 Å². The maximum absolute atomic E-state index is 12.2. The number of hydrogen-bond acceptors (Lipinski definition) is 4. The van der Waals surface area contributed by atoms with E-state index in [1.807, 2.05) is 6.92 Å². The molecule has 2 atom stereocenters. The number of rotatable bonds is 4. The zero-order valence-electron chi connectivity index (χ0n) is 11.9. The Bertz CT molecular complexity index is 522. The zero-order valence-corrected chi connectivity index (χ0v) is 11.9. The van der Waals surface area contributed by atoms with Crippen LogP contribution in [0.2, 0.25) is 0 Å². The Balaban J connectivity index is 2.00. The summed E-state index contributed by atoms with van der Waals surface area (Å²) in [5, 5.41) is 8.96. The summed E-state index contributed by atoms with van der Waals surface area (Å²) in [6.07, 6.45) is 1.32. The van der Waals surface area contributed by atoms with E-state index in [2.05, 4.69) is 0 Å². The molecule has 0 spiro atoms. The Hall–Kier alpha value is -1.82. The molecule has 0 radical (unpaired) electrons. The fraction of sp³-hybridized carbons (Fsp3) is 0.571. The first kappa shape index (κ1) is 14.6. The molecule has 1 aromatic rings. The number of ether oxygens (including phenoxy) is 1. The van der Waals surface area contributed by atoms with E-state index in [4.69, 9.17) is 14.3 Å². The van der Waals surface area contributed by atoms with E-state index in [1.54, 1.807) is 14.0 Å². The molecular weight excluding hydrogens is 262 g/mol. The SMILES string of the molecule is Cc1oc(CN(C)C(=O)C2CCC(C)O2)cc1C(=O)O. The number of hydrogen-bond donors (Lipinski definition) is 1. The van der Waals surface area contributed by atoms with Crippen LogP contribution in [0, 0.1) is 6.92 Å². The van der Waals surface area contributed by atoms with Crippen molar-refractivity contribution in [3.8, 4) is 0 Å². The third-order valence-corrected chi connectivity index (χ3v) is 3.48. The van der Waals surface area contributed by atoms with Gasteiger partial charge in [-0.2, -0.15) is 0 Å². The second kappa shape index (κ2) is 5.66. The summed E-state index contributed by atoms with van der Waals surface area (Å²) in [7, 11) is 1.66. The molecule has 0 aromatic carbocycles. The van der Waals surface area contributed by atoms with Crippen molar-refractivity contribution in [2.75, 3.05) is 7.05 Å². The van der Waals surface area contributed by atoms with Gasteiger partial charge in [0.25, 0.3) is 5.91 Å². The molecule has 1 N–H and O–H groups in total. The number of nitrogens with zero attached hydrogens (tertiary/aromatic N) is 1. The lowest BCUT2D eigenvalue weighted by molar-refractivity contribution is -0.142. The number of furan rings is 1. The predicted molar refractivity (Wildman–Crippen MR) is 70.4 cm³/mol. The van der Waals surface area contributed by atoms with E-state index in [9.17, 15) is 9.59 Å². The minimum Gasteiger partial charge on any atom is -0.478 e. The van der Waals surface area contributed by atoms with Gasteiger partial charge in [0.2, 0.25) is 0 Å². The van der Waals surface area contributed by atoms with Gasteiger partial charge in [-0.15, -0.1) is 0 Å². The van der Waals surface area contributed by atoms with Crippen LogP contribution < -0.4 is 0 Å². The summed E-state index contributed by atoms with van der Waals surface area (Å²) in [5.41, 5.74) is 0.131. The van der Waals surface area contributed by atoms with E-state index in [-0.39, 0.29) is 24.1 Å². The molecule has 1 saturated heterocycles. The highest BCUT2D eigenvalue weighted by Gasteiger charge is 2.30. The zero-order chi connectivity index (χ0) is 14.9. The lowest BCUT2D eigenvalue weighted by Crippen LogP contribution is -2.35. The van der Waals surface area contributed by atoms with Crippen molar-refractivity contribution >= 4 is 11.9 Å². The number of aromatic carboxylic acids is 1. The Morgan fingerprint density at radius 3 is 2.65 bits per heavy atom. The molecule has 0 bridgehead atoms. The highest BCUT2D eigenvalue weighted by atomic mass is 16.5. The quantitative estimate of drug-likeness (QED) is 0.910. The van der Waals surface area contributed by atoms with Gasteiger partial charge in [-0.05, 0) is 32.8 Å². The summed E-state index contributed by atoms with van der Waals surface area (Å²) in [6.45, 7) is 3.78. The Labute approximate surface area is 117 Å². The van der Waals surface area contributed by atoms with Gasteiger partial charge in [0, 0.05) is 7.05 Å². The van der Waals surface area contributed by atoms with Crippen molar-refractivity contribution < 1.29 is 23.8 Å². The van der Waals surface area contributed by atoms with Crippen molar-refractivity contribution in [2.45, 2.75) is 45.4 Å². The standard InChI is InChI=1S/C14H19NO5/c1-8-4-5-12(19-8)13(16)15(3)7-10-6-11(14(17)18)9(2)20-10/h6,8,12H,4-5,7H2,1-3H3,(H,17,18). The summed E-state index contributed by atoms with van der Waals surface area (Å²) in [4.78, 5) is 24.6. The monoisotopic (exact) mass is 281 g/mol. The highest BCUT2D eigenvalue weighted by Crippen LogP contribution is 2.22. The van der Waals surface area contributed by atoms with Crippen LogP contribution in [0.15, 0.2) is 10.5 Å². The molecule has 1 amide bonds. The fourth-order valence-electron chi connectivity index (χ4n) is 2.38. The van der Waals surface area contributed by atoms with Crippen LogP contribution in [0.5, 0.6) is 0 Å². The summed E-state index contributed by atoms with van der Waals surface area (Å²) in [6, 6.07) is 1.46. The van der Waals surface area contributed by atoms with Gasteiger partial charge in [-0.25, -0.2) is 4.79 Å². The molecule has 1 aromatic heterocycles. The Morgan fingerprint density at radius 1 is 1.45 bits per heavy atom. The van der Waals surface area contributed by atoms with Crippen LogP contribution in [-0.2, 0) is 16.1 Å². The second-order valence-electron chi connectivity index (χ2n) is 5.19. The van der Waals surface area contributed by atoms with Crippen LogP contribution in [0.1, 0.15) is 41.6 Å². The molecule has 1 fully saturated rings. The van der Waals surface area contributed by atoms with Crippen LogP contribution >= 0.6 is 0 Å². The molecule has 2 unspecified atom stereocenters. The molecule has 2 rings (SSSR count). The molecule has 110 valence electrons. The third-order valence-electron chi connectivity index (χ3n) is 3.48. The summed E-state index contributed by atoms with van der Waals surface area (Å²) < 4.78 is 10.9. The topological polar surface area (TPSA) is 80.0 Å². The highest BCUT2D eigenvalue weighted by molar-refractivity contribution is 5.88. The number of likely N-dealkylation sites (N-methyl/N-ethyl adjacent to an activating group) is 1. The van der Waals surface area contributed by atoms with Crippen molar-refractivity contribution in [1.82, 2.24) is 4.90 Å². The van der Waals surface area contributed by atoms with E-state index in [0.29, 0.717) is 11.5 Å². The van der Waals surface area contributed by atoms with E-state index in [1.165, 1.54) is 11.0 Å². The lowest BCUT2D eigenvalue weighted by Gasteiger charge is -2.19. The maximum atomic E-state index is 12.2. The largest absolute Gasteiger partial charge is 0.478 e. The second-order valence-corrected chi connectivity index (χ2v) is 5.19. The van der Waals surface area contributed by atoms with Gasteiger partial charge in [-0.3, -0.25) is 4.79 Å². The number of aryl methyl sites for hydroxylation is 1. The first-order valence-electron chi connectivity index (χ1n) is 6.61. The van der Waals surface area contributed by atoms with Crippen molar-refractivity contribution in [3.05, 3.63) is 23.2 Å². The van der Waals surface area contributed by atoms with Gasteiger partial charge < -0.3 is 19.2 Å². The Morgan fingerprint density at radius 2 is 2.15 bits per heavy atom. The molecule has 2 heterocycles. The van der Waals surface area contributed by atoms with Gasteiger partial charge in [-0.1, -0.05) is 0 Å². The number of carbonyl (C=O) groups is 2. The van der Waals surface area contributed by atoms with E-state index in [0.717, 1.165) is 12.8 Å². The molecule has 0 saturated carbocycles. The minimum atomic E-state index is -1.03. The van der Waals surface area contributed by atoms with Gasteiger partial charge in [0.1, 0.15) is 23.2 Å². The first-order chi connectivity index (χ1) is 9.38. The molecule has 6 nitrogen and oxygen atoms in total. The van der Waals surface area contributed by atoms with Crippen molar-refractivity contribution in [1.29, 1.82) is 0 Å². The molecule has 20 heavy (non-hydrogen) atoms. The molecule has 6 heteroatoms. The van der Waals surface area contributed by atoms with Gasteiger partial charge in [0.15, 0.2) is 0 Å². The Kier molecular flexibility index (Phi) is 4.13. The van der Waals surface area contributed by atoms with Crippen LogP contribution in [-0.4, -0.2) is 41.1 Å².